The van der Waals surface area contributed by atoms with Crippen molar-refractivity contribution in [1.82, 2.24) is 0 Å². The molecule has 0 unspecified atom stereocenters. The van der Waals surface area contributed by atoms with Gasteiger partial charge in [0.1, 0.15) is 0 Å². The molecule has 0 rings (SSSR count). The molecule has 0 nitrogen and oxygen atoms in total. The van der Waals surface area contributed by atoms with Gasteiger partial charge in [-0.2, -0.15) is 0 Å². The maximum absolute atomic E-state index is 2.00. The summed E-state index contributed by atoms with van der Waals surface area (Å²) in [5.74, 6) is 0. The van der Waals surface area contributed by atoms with Crippen LogP contribution in [0, 0.1) is 0 Å². The van der Waals surface area contributed by atoms with Gasteiger partial charge in [0.25, 0.3) is 0 Å². The molecule has 0 heteroatoms. The van der Waals surface area contributed by atoms with Crippen molar-refractivity contribution < 1.29 is 0 Å². The van der Waals surface area contributed by atoms with Crippen molar-refractivity contribution >= 4 is 0 Å². The zero-order valence-electron chi connectivity index (χ0n) is 20.0. The third-order valence-electron chi connectivity index (χ3n) is 0. The van der Waals surface area contributed by atoms with E-state index in [-0.39, 0.29) is 0 Å². The summed E-state index contributed by atoms with van der Waals surface area (Å²) < 4.78 is 0. The van der Waals surface area contributed by atoms with Crippen molar-refractivity contribution in [3.63, 3.8) is 0 Å². The molecule has 0 saturated carbocycles. The molecule has 0 N–H and O–H groups in total. The molecule has 0 aliphatic rings. The summed E-state index contributed by atoms with van der Waals surface area (Å²) in [6.07, 6.45) is 0. The van der Waals surface area contributed by atoms with Gasteiger partial charge in [0, 0.05) is 0 Å². The quantitative estimate of drug-likeness (QED) is 0.417. The van der Waals surface area contributed by atoms with Crippen molar-refractivity contribution in [1.29, 1.82) is 0 Å². The minimum Gasteiger partial charge on any atom is -0.0683 e. The normalized spacial score (nSPS) is 3.00. The van der Waals surface area contributed by atoms with Gasteiger partial charge in [-0.3, -0.25) is 0 Å². The third kappa shape index (κ3) is 0. The molecule has 0 fully saturated rings. The molecule has 0 aromatic rings. The second kappa shape index (κ2) is 0. The topological polar surface area (TPSA) is 0 Å². The van der Waals surface area contributed by atoms with Crippen molar-refractivity contribution in [3.05, 3.63) is 0 Å². The van der Waals surface area contributed by atoms with Crippen LogP contribution in [0.15, 0.2) is 0 Å². The Labute approximate surface area is 139 Å². The van der Waals surface area contributed by atoms with E-state index in [0.717, 1.165) is 0 Å². The Hall–Kier alpha value is 0. The fourth-order valence-electron chi connectivity index (χ4n) is 0. The molecule has 0 aliphatic heterocycles. The van der Waals surface area contributed by atoms with Crippen molar-refractivity contribution in [2.24, 2.45) is 0 Å². The first-order chi connectivity index (χ1) is 10.0. The predicted octanol–water partition coefficient (Wildman–Crippen LogP) is 10.3. The first-order valence-corrected chi connectivity index (χ1v) is 10.0. The lowest BCUT2D eigenvalue weighted by Crippen LogP contribution is -0.856. The van der Waals surface area contributed by atoms with E-state index < -0.39 is 0 Å². The Morgan fingerprint density at radius 1 is 0.100 bits per heavy atom. The largest absolute Gasteiger partial charge is 0.0683 e. The molecule has 0 bridgehead atoms. The van der Waals surface area contributed by atoms with E-state index in [1.165, 1.54) is 0 Å². The highest BCUT2D eigenvalue weighted by Gasteiger charge is 0.950. The van der Waals surface area contributed by atoms with E-state index >= 15 is 0 Å². The van der Waals surface area contributed by atoms with E-state index in [1.807, 2.05) is 138 Å². The van der Waals surface area contributed by atoms with Crippen LogP contribution >= 0.6 is 0 Å². The van der Waals surface area contributed by atoms with Gasteiger partial charge in [0.15, 0.2) is 0 Å². The van der Waals surface area contributed by atoms with E-state index in [1.54, 1.807) is 0 Å². The summed E-state index contributed by atoms with van der Waals surface area (Å²) in [7, 11) is 0. The average molecular weight is 301 g/mol. The molecular formula is C20H60. The molecule has 0 radical (unpaired) electrons. The van der Waals surface area contributed by atoms with Gasteiger partial charge in [-0.25, -0.2) is 0 Å². The maximum Gasteiger partial charge on any atom is -0.0683 e. The standard InChI is InChI=1S/10C2H6/c10*1-2/h10*1-2H3. The third-order valence-corrected chi connectivity index (χ3v) is 0. The molecular weight excluding hydrogens is 240 g/mol. The zero-order chi connectivity index (χ0) is 20.0. The second-order valence-electron chi connectivity index (χ2n) is 0. The Morgan fingerprint density at radius 3 is 0.100 bits per heavy atom. The molecule has 0 aromatic carbocycles. The molecule has 0 spiro atoms. The summed E-state index contributed by atoms with van der Waals surface area (Å²) in [5, 5.41) is 0. The lowest BCUT2D eigenvalue weighted by atomic mass is 11.0. The SMILES string of the molecule is CC.CC.CC.CC.CC.CC.CC.CC.CC.CC. The van der Waals surface area contributed by atoms with Crippen LogP contribution in [-0.2, 0) is 0 Å². The van der Waals surface area contributed by atoms with Crippen molar-refractivity contribution in [3.8, 4) is 0 Å². The average Bonchev–Trinajstić information content (AvgIpc) is 2.71. The van der Waals surface area contributed by atoms with Gasteiger partial charge in [-0.15, -0.1) is 0 Å². The first kappa shape index (κ1) is 72.2. The Balaban J connectivity index is -0.00000000694. The summed E-state index contributed by atoms with van der Waals surface area (Å²) in [6.45, 7) is 40.0. The predicted molar refractivity (Wildman–Crippen MR) is 113 cm³/mol. The van der Waals surface area contributed by atoms with E-state index in [2.05, 4.69) is 0 Å². The van der Waals surface area contributed by atoms with Crippen molar-refractivity contribution in [2.75, 3.05) is 0 Å². The lowest BCUT2D eigenvalue weighted by Gasteiger charge is -1.07. The van der Waals surface area contributed by atoms with Crippen LogP contribution in [0.25, 0.3) is 0 Å². The highest BCUT2D eigenvalue weighted by Crippen LogP contribution is 1.16. The van der Waals surface area contributed by atoms with Crippen LogP contribution in [-0.4, -0.2) is 0 Å². The van der Waals surface area contributed by atoms with E-state index in [0.29, 0.717) is 0 Å². The Bertz CT molecular complexity index is 0. The first-order valence-electron chi connectivity index (χ1n) is 10.0. The zero-order valence-corrected chi connectivity index (χ0v) is 20.0. The molecule has 20 heavy (non-hydrogen) atoms. The van der Waals surface area contributed by atoms with Crippen LogP contribution < -0.4 is 0 Å². The lowest BCUT2D eigenvalue weighted by molar-refractivity contribution is 1.50. The van der Waals surface area contributed by atoms with Gasteiger partial charge in [0.2, 0.25) is 0 Å². The second-order valence-corrected chi connectivity index (χ2v) is 0. The van der Waals surface area contributed by atoms with Crippen LogP contribution in [0.3, 0.4) is 0 Å². The van der Waals surface area contributed by atoms with Crippen LogP contribution in [0.4, 0.5) is 0 Å². The fraction of sp³-hybridized carbons (Fsp3) is 1.00. The van der Waals surface area contributed by atoms with Crippen LogP contribution in [0.5, 0.6) is 0 Å². The number of rotatable bonds is 0. The van der Waals surface area contributed by atoms with Gasteiger partial charge in [-0.05, 0) is 0 Å². The highest BCUT2D eigenvalue weighted by molar-refractivity contribution is 3.52. The molecule has 0 saturated heterocycles. The molecule has 0 heterocycles. The summed E-state index contributed by atoms with van der Waals surface area (Å²) in [4.78, 5) is 0. The fourth-order valence-corrected chi connectivity index (χ4v) is 0. The molecule has 0 aromatic heterocycles. The maximum atomic E-state index is 2.00. The number of hydrogen-bond acceptors (Lipinski definition) is 0. The van der Waals surface area contributed by atoms with Gasteiger partial charge >= 0.3 is 0 Å². The van der Waals surface area contributed by atoms with Gasteiger partial charge in [0.05, 0.1) is 0 Å². The summed E-state index contributed by atoms with van der Waals surface area (Å²) in [6, 6.07) is 0. The smallest absolute Gasteiger partial charge is 0.0683 e. The Morgan fingerprint density at radius 2 is 0.100 bits per heavy atom. The van der Waals surface area contributed by atoms with Crippen LogP contribution in [0.1, 0.15) is 138 Å². The monoisotopic (exact) mass is 300 g/mol. The molecule has 0 amide bonds. The van der Waals surface area contributed by atoms with Gasteiger partial charge < -0.3 is 0 Å². The highest BCUT2D eigenvalue weighted by atomic mass is 13.0. The minimum absolute atomic E-state index is 2.00. The molecule has 0 aliphatic carbocycles. The number of hydrogen-bond donors (Lipinski definition) is 0. The molecule has 0 atom stereocenters. The van der Waals surface area contributed by atoms with Crippen LogP contribution in [0.2, 0.25) is 0 Å². The summed E-state index contributed by atoms with van der Waals surface area (Å²) >= 11 is 0. The van der Waals surface area contributed by atoms with Crippen molar-refractivity contribution in [2.45, 2.75) is 138 Å². The molecule has 140 valence electrons. The Kier molecular flexibility index (Phi) is 0. The minimum atomic E-state index is 2.00. The van der Waals surface area contributed by atoms with Gasteiger partial charge in [-0.1, -0.05) is 138 Å². The van der Waals surface area contributed by atoms with E-state index in [9.17, 15) is 0 Å². The van der Waals surface area contributed by atoms with E-state index in [4.69, 9.17) is 0 Å². The summed E-state index contributed by atoms with van der Waals surface area (Å²) in [5.41, 5.74) is 0.